The lowest BCUT2D eigenvalue weighted by atomic mass is 10.1. The van der Waals surface area contributed by atoms with Crippen LogP contribution in [0.1, 0.15) is 34.1 Å². The van der Waals surface area contributed by atoms with Crippen LogP contribution in [0.2, 0.25) is 0 Å². The summed E-state index contributed by atoms with van der Waals surface area (Å²) in [6.07, 6.45) is 2.56. The summed E-state index contributed by atoms with van der Waals surface area (Å²) in [5, 5.41) is 4.33. The molecule has 20 heavy (non-hydrogen) atoms. The van der Waals surface area contributed by atoms with Gasteiger partial charge in [-0.1, -0.05) is 13.0 Å². The number of nitrogens with two attached hydrogens (primary N) is 1. The summed E-state index contributed by atoms with van der Waals surface area (Å²) in [5.41, 5.74) is 10.4. The molecule has 1 amide bonds. The van der Waals surface area contributed by atoms with Crippen molar-refractivity contribution >= 4 is 11.6 Å². The van der Waals surface area contributed by atoms with Crippen LogP contribution in [0.25, 0.3) is 0 Å². The van der Waals surface area contributed by atoms with E-state index < -0.39 is 0 Å². The zero-order valence-corrected chi connectivity index (χ0v) is 11.8. The predicted molar refractivity (Wildman–Crippen MR) is 77.0 cm³/mol. The van der Waals surface area contributed by atoms with Crippen LogP contribution in [0.5, 0.6) is 0 Å². The van der Waals surface area contributed by atoms with Crippen molar-refractivity contribution in [2.75, 3.05) is 5.73 Å². The van der Waals surface area contributed by atoms with Gasteiger partial charge in [0, 0.05) is 32.0 Å². The van der Waals surface area contributed by atoms with Crippen LogP contribution in [0.15, 0.2) is 24.4 Å². The number of aromatic nitrogens is 2. The summed E-state index contributed by atoms with van der Waals surface area (Å²) >= 11 is 0. The van der Waals surface area contributed by atoms with Gasteiger partial charge in [-0.3, -0.25) is 9.48 Å². The lowest BCUT2D eigenvalue weighted by Gasteiger charge is -2.14. The number of rotatable bonds is 2. The van der Waals surface area contributed by atoms with E-state index in [1.807, 2.05) is 37.1 Å². The number of fused-ring (bicyclic) bond motifs is 1. The number of hydrogen-bond acceptors (Lipinski definition) is 3. The van der Waals surface area contributed by atoms with Crippen molar-refractivity contribution in [1.29, 1.82) is 0 Å². The molecule has 0 unspecified atom stereocenters. The van der Waals surface area contributed by atoms with Crippen LogP contribution in [0.3, 0.4) is 0 Å². The Kier molecular flexibility index (Phi) is 2.97. The van der Waals surface area contributed by atoms with Crippen molar-refractivity contribution < 1.29 is 4.79 Å². The molecular weight excluding hydrogens is 252 g/mol. The van der Waals surface area contributed by atoms with E-state index in [1.165, 1.54) is 5.56 Å². The number of nitrogens with zero attached hydrogens (tertiary/aromatic N) is 3. The Bertz CT molecular complexity index is 675. The molecule has 1 aromatic heterocycles. The van der Waals surface area contributed by atoms with Gasteiger partial charge in [-0.15, -0.1) is 0 Å². The molecule has 0 atom stereocenters. The second-order valence-electron chi connectivity index (χ2n) is 5.21. The number of carbonyl (C=O) groups is 1. The van der Waals surface area contributed by atoms with Crippen molar-refractivity contribution in [1.82, 2.24) is 14.7 Å². The lowest BCUT2D eigenvalue weighted by molar-refractivity contribution is 0.0750. The molecule has 2 N–H and O–H groups in total. The smallest absolute Gasteiger partial charge is 0.257 e. The quantitative estimate of drug-likeness (QED) is 0.845. The molecule has 1 aromatic carbocycles. The average Bonchev–Trinajstić information content (AvgIpc) is 3.00. The molecule has 0 fully saturated rings. The van der Waals surface area contributed by atoms with E-state index in [9.17, 15) is 4.79 Å². The minimum atomic E-state index is 0.0460. The number of nitrogen functional groups attached to an aromatic ring is 1. The summed E-state index contributed by atoms with van der Waals surface area (Å²) in [6.45, 7) is 3.28. The van der Waals surface area contributed by atoms with Gasteiger partial charge in [-0.2, -0.15) is 5.10 Å². The van der Waals surface area contributed by atoms with E-state index in [1.54, 1.807) is 10.9 Å². The molecule has 0 saturated heterocycles. The van der Waals surface area contributed by atoms with Gasteiger partial charge in [-0.25, -0.2) is 0 Å². The SMILES string of the molecule is CCc1nn(C)cc1C(=O)N1Cc2ccc(N)cc2C1. The first kappa shape index (κ1) is 12.7. The maximum atomic E-state index is 12.6. The largest absolute Gasteiger partial charge is 0.399 e. The summed E-state index contributed by atoms with van der Waals surface area (Å²) in [6, 6.07) is 5.84. The first-order valence-corrected chi connectivity index (χ1v) is 6.77. The molecule has 0 aliphatic carbocycles. The molecule has 104 valence electrons. The normalized spacial score (nSPS) is 13.6. The fourth-order valence-corrected chi connectivity index (χ4v) is 2.70. The third-order valence-electron chi connectivity index (χ3n) is 3.71. The highest BCUT2D eigenvalue weighted by molar-refractivity contribution is 5.95. The fourth-order valence-electron chi connectivity index (χ4n) is 2.70. The molecule has 0 bridgehead atoms. The van der Waals surface area contributed by atoms with Crippen LogP contribution in [0.4, 0.5) is 5.69 Å². The molecule has 0 radical (unpaired) electrons. The van der Waals surface area contributed by atoms with Crippen LogP contribution >= 0.6 is 0 Å². The molecular formula is C15H18N4O. The zero-order valence-electron chi connectivity index (χ0n) is 11.8. The second kappa shape index (κ2) is 4.67. The van der Waals surface area contributed by atoms with E-state index in [0.717, 1.165) is 23.4 Å². The summed E-state index contributed by atoms with van der Waals surface area (Å²) in [5.74, 6) is 0.0460. The van der Waals surface area contributed by atoms with E-state index in [0.29, 0.717) is 18.7 Å². The van der Waals surface area contributed by atoms with Gasteiger partial charge >= 0.3 is 0 Å². The summed E-state index contributed by atoms with van der Waals surface area (Å²) in [4.78, 5) is 14.5. The second-order valence-corrected chi connectivity index (χ2v) is 5.21. The molecule has 5 nitrogen and oxygen atoms in total. The van der Waals surface area contributed by atoms with Crippen molar-refractivity contribution in [3.05, 3.63) is 46.8 Å². The van der Waals surface area contributed by atoms with E-state index >= 15 is 0 Å². The van der Waals surface area contributed by atoms with Gasteiger partial charge in [-0.05, 0) is 29.7 Å². The maximum Gasteiger partial charge on any atom is 0.257 e. The number of amides is 1. The minimum Gasteiger partial charge on any atom is -0.399 e. The van der Waals surface area contributed by atoms with Gasteiger partial charge < -0.3 is 10.6 Å². The molecule has 1 aliphatic rings. The number of carbonyl (C=O) groups excluding carboxylic acids is 1. The Morgan fingerprint density at radius 2 is 2.10 bits per heavy atom. The first-order valence-electron chi connectivity index (χ1n) is 6.77. The molecule has 5 heteroatoms. The Morgan fingerprint density at radius 1 is 1.35 bits per heavy atom. The first-order chi connectivity index (χ1) is 9.58. The number of hydrogen-bond donors (Lipinski definition) is 1. The van der Waals surface area contributed by atoms with E-state index in [4.69, 9.17) is 5.73 Å². The van der Waals surface area contributed by atoms with Gasteiger partial charge in [0.05, 0.1) is 11.3 Å². The standard InChI is InChI=1S/C15H18N4O/c1-3-14-13(9-18(2)17-14)15(20)19-7-10-4-5-12(16)6-11(10)8-19/h4-6,9H,3,7-8,16H2,1-2H3. The van der Waals surface area contributed by atoms with Crippen LogP contribution in [0, 0.1) is 0 Å². The maximum absolute atomic E-state index is 12.6. The highest BCUT2D eigenvalue weighted by Crippen LogP contribution is 2.26. The number of benzene rings is 1. The van der Waals surface area contributed by atoms with Crippen molar-refractivity contribution in [2.24, 2.45) is 7.05 Å². The number of anilines is 1. The van der Waals surface area contributed by atoms with Gasteiger partial charge in [0.1, 0.15) is 0 Å². The van der Waals surface area contributed by atoms with Crippen molar-refractivity contribution in [2.45, 2.75) is 26.4 Å². The third kappa shape index (κ3) is 2.05. The van der Waals surface area contributed by atoms with Crippen LogP contribution in [-0.4, -0.2) is 20.6 Å². The Balaban J connectivity index is 1.87. The van der Waals surface area contributed by atoms with E-state index in [-0.39, 0.29) is 5.91 Å². The lowest BCUT2D eigenvalue weighted by Crippen LogP contribution is -2.25. The van der Waals surface area contributed by atoms with E-state index in [2.05, 4.69) is 5.10 Å². The molecule has 3 rings (SSSR count). The fraction of sp³-hybridized carbons (Fsp3) is 0.333. The van der Waals surface area contributed by atoms with Gasteiger partial charge in [0.15, 0.2) is 0 Å². The third-order valence-corrected chi connectivity index (χ3v) is 3.71. The highest BCUT2D eigenvalue weighted by atomic mass is 16.2. The molecule has 2 heterocycles. The highest BCUT2D eigenvalue weighted by Gasteiger charge is 2.26. The van der Waals surface area contributed by atoms with Crippen molar-refractivity contribution in [3.63, 3.8) is 0 Å². The molecule has 0 spiro atoms. The monoisotopic (exact) mass is 270 g/mol. The van der Waals surface area contributed by atoms with Crippen LogP contribution in [-0.2, 0) is 26.6 Å². The Hall–Kier alpha value is -2.30. The molecule has 1 aliphatic heterocycles. The van der Waals surface area contributed by atoms with Crippen LogP contribution < -0.4 is 5.73 Å². The average molecular weight is 270 g/mol. The Morgan fingerprint density at radius 3 is 2.85 bits per heavy atom. The summed E-state index contributed by atoms with van der Waals surface area (Å²) in [7, 11) is 1.84. The molecule has 0 saturated carbocycles. The summed E-state index contributed by atoms with van der Waals surface area (Å²) < 4.78 is 1.70. The predicted octanol–water partition coefficient (Wildman–Crippen LogP) is 1.72. The Labute approximate surface area is 118 Å². The minimum absolute atomic E-state index is 0.0460. The zero-order chi connectivity index (χ0) is 14.3. The number of aryl methyl sites for hydroxylation is 2. The topological polar surface area (TPSA) is 64.2 Å². The molecule has 2 aromatic rings. The van der Waals surface area contributed by atoms with Gasteiger partial charge in [0.25, 0.3) is 5.91 Å². The van der Waals surface area contributed by atoms with Crippen molar-refractivity contribution in [3.8, 4) is 0 Å². The van der Waals surface area contributed by atoms with Gasteiger partial charge in [0.2, 0.25) is 0 Å².